The lowest BCUT2D eigenvalue weighted by atomic mass is 10.0. The molecule has 3 heterocycles. The van der Waals surface area contributed by atoms with E-state index in [1.807, 2.05) is 0 Å². The maximum absolute atomic E-state index is 9.71. The highest BCUT2D eigenvalue weighted by atomic mass is 32.1. The molecule has 0 spiro atoms. The molecule has 0 saturated heterocycles. The third-order valence-corrected chi connectivity index (χ3v) is 5.20. The zero-order valence-electron chi connectivity index (χ0n) is 14.2. The Morgan fingerprint density at radius 3 is 2.96 bits per heavy atom. The predicted molar refractivity (Wildman–Crippen MR) is 98.8 cm³/mol. The molecule has 6 heteroatoms. The predicted octanol–water partition coefficient (Wildman–Crippen LogP) is 2.05. The minimum absolute atomic E-state index is 0.179. The fourth-order valence-corrected chi connectivity index (χ4v) is 3.77. The van der Waals surface area contributed by atoms with Crippen LogP contribution in [0.4, 0.5) is 5.82 Å². The van der Waals surface area contributed by atoms with E-state index in [0.29, 0.717) is 0 Å². The summed E-state index contributed by atoms with van der Waals surface area (Å²) in [5, 5.41) is 20.9. The number of rotatable bonds is 7. The zero-order chi connectivity index (χ0) is 16.8. The summed E-state index contributed by atoms with van der Waals surface area (Å²) in [6.07, 6.45) is 3.64. The molecular weight excluding hydrogens is 320 g/mol. The molecule has 0 aromatic carbocycles. The van der Waals surface area contributed by atoms with Gasteiger partial charge in [0.2, 0.25) is 0 Å². The van der Waals surface area contributed by atoms with Crippen LogP contribution in [0, 0.1) is 5.92 Å². The number of aliphatic hydroxyl groups is 1. The van der Waals surface area contributed by atoms with Crippen molar-refractivity contribution in [3.05, 3.63) is 39.5 Å². The monoisotopic (exact) mass is 346 g/mol. The summed E-state index contributed by atoms with van der Waals surface area (Å²) in [7, 11) is 0. The van der Waals surface area contributed by atoms with Crippen LogP contribution in [0.1, 0.15) is 29.6 Å². The van der Waals surface area contributed by atoms with Crippen LogP contribution in [0.25, 0.3) is 0 Å². The molecule has 2 aromatic heterocycles. The molecular formula is C18H26N4OS. The molecule has 0 radical (unpaired) electrons. The van der Waals surface area contributed by atoms with Crippen LogP contribution in [-0.2, 0) is 25.7 Å². The van der Waals surface area contributed by atoms with Crippen LogP contribution < -0.4 is 10.6 Å². The van der Waals surface area contributed by atoms with Gasteiger partial charge in [-0.2, -0.15) is 11.3 Å². The summed E-state index contributed by atoms with van der Waals surface area (Å²) in [5.74, 6) is 2.06. The van der Waals surface area contributed by atoms with Gasteiger partial charge in [-0.25, -0.2) is 9.97 Å². The standard InChI is InChI=1S/C18H26N4OS/c1-2-17-21-16-4-7-19-6-3-15(16)18(22-17)20-10-14(11-23)9-13-5-8-24-12-13/h5,8,12,14,19,23H,2-4,6-7,9-11H2,1H3,(H,20,21,22). The fourth-order valence-electron chi connectivity index (χ4n) is 3.08. The van der Waals surface area contributed by atoms with Crippen molar-refractivity contribution in [3.8, 4) is 0 Å². The van der Waals surface area contributed by atoms with E-state index < -0.39 is 0 Å². The van der Waals surface area contributed by atoms with Crippen molar-refractivity contribution in [1.82, 2.24) is 15.3 Å². The summed E-state index contributed by atoms with van der Waals surface area (Å²) in [4.78, 5) is 9.44. The molecule has 1 unspecified atom stereocenters. The minimum atomic E-state index is 0.179. The largest absolute Gasteiger partial charge is 0.396 e. The Hall–Kier alpha value is -1.50. The number of thiophene rings is 1. The first-order chi connectivity index (χ1) is 11.8. The lowest BCUT2D eigenvalue weighted by Gasteiger charge is -2.18. The van der Waals surface area contributed by atoms with Gasteiger partial charge in [0.1, 0.15) is 11.6 Å². The van der Waals surface area contributed by atoms with Crippen molar-refractivity contribution in [2.24, 2.45) is 5.92 Å². The first-order valence-electron chi connectivity index (χ1n) is 8.75. The van der Waals surface area contributed by atoms with Gasteiger partial charge in [0.05, 0.1) is 5.69 Å². The number of nitrogens with zero attached hydrogens (tertiary/aromatic N) is 2. The lowest BCUT2D eigenvalue weighted by molar-refractivity contribution is 0.232. The Balaban J connectivity index is 1.73. The number of nitrogens with one attached hydrogen (secondary N) is 2. The molecule has 0 bridgehead atoms. The second-order valence-electron chi connectivity index (χ2n) is 6.28. The van der Waals surface area contributed by atoms with Crippen LogP contribution >= 0.6 is 11.3 Å². The molecule has 0 saturated carbocycles. The summed E-state index contributed by atoms with van der Waals surface area (Å²) in [5.41, 5.74) is 3.71. The van der Waals surface area contributed by atoms with Gasteiger partial charge >= 0.3 is 0 Å². The Labute approximate surface area is 147 Å². The highest BCUT2D eigenvalue weighted by molar-refractivity contribution is 7.07. The molecule has 24 heavy (non-hydrogen) atoms. The number of aromatic nitrogens is 2. The number of hydrogen-bond acceptors (Lipinski definition) is 6. The van der Waals surface area contributed by atoms with E-state index in [-0.39, 0.29) is 12.5 Å². The van der Waals surface area contributed by atoms with E-state index in [2.05, 4.69) is 34.4 Å². The summed E-state index contributed by atoms with van der Waals surface area (Å²) < 4.78 is 0. The van der Waals surface area contributed by atoms with Gasteiger partial charge in [0.25, 0.3) is 0 Å². The first-order valence-corrected chi connectivity index (χ1v) is 9.69. The molecule has 3 rings (SSSR count). The van der Waals surface area contributed by atoms with Crippen molar-refractivity contribution < 1.29 is 5.11 Å². The maximum Gasteiger partial charge on any atom is 0.133 e. The molecule has 5 nitrogen and oxygen atoms in total. The molecule has 1 aliphatic rings. The van der Waals surface area contributed by atoms with E-state index >= 15 is 0 Å². The number of anilines is 1. The van der Waals surface area contributed by atoms with Gasteiger partial charge in [-0.05, 0) is 41.8 Å². The quantitative estimate of drug-likeness (QED) is 0.716. The highest BCUT2D eigenvalue weighted by Crippen LogP contribution is 2.21. The second-order valence-corrected chi connectivity index (χ2v) is 7.06. The molecule has 1 aliphatic heterocycles. The van der Waals surface area contributed by atoms with E-state index in [1.165, 1.54) is 16.8 Å². The van der Waals surface area contributed by atoms with Gasteiger partial charge < -0.3 is 15.7 Å². The third kappa shape index (κ3) is 4.32. The van der Waals surface area contributed by atoms with Crippen molar-refractivity contribution in [3.63, 3.8) is 0 Å². The Bertz CT molecular complexity index is 645. The van der Waals surface area contributed by atoms with Crippen LogP contribution in [0.3, 0.4) is 0 Å². The maximum atomic E-state index is 9.71. The third-order valence-electron chi connectivity index (χ3n) is 4.47. The Morgan fingerprint density at radius 1 is 1.33 bits per heavy atom. The minimum Gasteiger partial charge on any atom is -0.396 e. The lowest BCUT2D eigenvalue weighted by Crippen LogP contribution is -2.22. The van der Waals surface area contributed by atoms with E-state index in [0.717, 1.165) is 57.0 Å². The Kier molecular flexibility index (Phi) is 6.18. The van der Waals surface area contributed by atoms with Crippen LogP contribution in [0.5, 0.6) is 0 Å². The normalized spacial score (nSPS) is 15.6. The summed E-state index contributed by atoms with van der Waals surface area (Å²) >= 11 is 1.70. The molecule has 3 N–H and O–H groups in total. The van der Waals surface area contributed by atoms with Gasteiger partial charge in [-0.3, -0.25) is 0 Å². The topological polar surface area (TPSA) is 70.1 Å². The van der Waals surface area contributed by atoms with E-state index in [4.69, 9.17) is 9.97 Å². The molecule has 1 atom stereocenters. The van der Waals surface area contributed by atoms with Gasteiger partial charge in [0.15, 0.2) is 0 Å². The zero-order valence-corrected chi connectivity index (χ0v) is 15.0. The van der Waals surface area contributed by atoms with E-state index in [1.54, 1.807) is 11.3 Å². The second kappa shape index (κ2) is 8.55. The highest BCUT2D eigenvalue weighted by Gasteiger charge is 2.17. The van der Waals surface area contributed by atoms with E-state index in [9.17, 15) is 5.11 Å². The van der Waals surface area contributed by atoms with Crippen LogP contribution in [0.2, 0.25) is 0 Å². The average Bonchev–Trinajstić information content (AvgIpc) is 3.00. The number of aryl methyl sites for hydroxylation is 1. The number of fused-ring (bicyclic) bond motifs is 1. The summed E-state index contributed by atoms with van der Waals surface area (Å²) in [6.45, 7) is 4.94. The average molecular weight is 347 g/mol. The Morgan fingerprint density at radius 2 is 2.21 bits per heavy atom. The van der Waals surface area contributed by atoms with Gasteiger partial charge in [-0.1, -0.05) is 6.92 Å². The number of aliphatic hydroxyl groups excluding tert-OH is 1. The van der Waals surface area contributed by atoms with Crippen LogP contribution in [0.15, 0.2) is 16.8 Å². The molecule has 2 aromatic rings. The smallest absolute Gasteiger partial charge is 0.133 e. The molecule has 0 amide bonds. The van der Waals surface area contributed by atoms with Crippen molar-refractivity contribution in [2.75, 3.05) is 31.6 Å². The SMILES string of the molecule is CCc1nc2c(c(NCC(CO)Cc3ccsc3)n1)CCNCC2. The molecule has 0 fully saturated rings. The van der Waals surface area contributed by atoms with Crippen molar-refractivity contribution >= 4 is 17.2 Å². The molecule has 0 aliphatic carbocycles. The van der Waals surface area contributed by atoms with Crippen molar-refractivity contribution in [2.45, 2.75) is 32.6 Å². The van der Waals surface area contributed by atoms with Gasteiger partial charge in [0, 0.05) is 44.0 Å². The fraction of sp³-hybridized carbons (Fsp3) is 0.556. The first kappa shape index (κ1) is 17.3. The van der Waals surface area contributed by atoms with Gasteiger partial charge in [-0.15, -0.1) is 0 Å². The number of hydrogen-bond donors (Lipinski definition) is 3. The summed E-state index contributed by atoms with van der Waals surface area (Å²) in [6, 6.07) is 2.13. The van der Waals surface area contributed by atoms with Crippen molar-refractivity contribution in [1.29, 1.82) is 0 Å². The molecule has 130 valence electrons. The van der Waals surface area contributed by atoms with Crippen LogP contribution in [-0.4, -0.2) is 41.3 Å².